The first-order valence-electron chi connectivity index (χ1n) is 9.32. The second-order valence-corrected chi connectivity index (χ2v) is 9.34. The van der Waals surface area contributed by atoms with Gasteiger partial charge in [0.15, 0.2) is 4.32 Å². The van der Waals surface area contributed by atoms with Crippen molar-refractivity contribution in [3.05, 3.63) is 93.5 Å². The molecule has 0 spiro atoms. The quantitative estimate of drug-likeness (QED) is 0.220. The van der Waals surface area contributed by atoms with E-state index in [1.165, 1.54) is 11.8 Å². The van der Waals surface area contributed by atoms with Gasteiger partial charge in [0.25, 0.3) is 5.91 Å². The Morgan fingerprint density at radius 1 is 0.935 bits per heavy atom. The number of carbonyl (C=O) groups is 1. The van der Waals surface area contributed by atoms with E-state index in [-0.39, 0.29) is 5.91 Å². The lowest BCUT2D eigenvalue weighted by molar-refractivity contribution is -0.113. The summed E-state index contributed by atoms with van der Waals surface area (Å²) in [6.45, 7) is 0. The minimum Gasteiger partial charge on any atom is -0.457 e. The monoisotopic (exact) mass is 481 g/mol. The van der Waals surface area contributed by atoms with Gasteiger partial charge in [-0.25, -0.2) is 0 Å². The molecule has 1 aromatic heterocycles. The molecule has 152 valence electrons. The van der Waals surface area contributed by atoms with Crippen molar-refractivity contribution in [1.29, 1.82) is 0 Å². The van der Waals surface area contributed by atoms with E-state index in [2.05, 4.69) is 0 Å². The van der Waals surface area contributed by atoms with Crippen LogP contribution in [0.2, 0.25) is 10.0 Å². The molecule has 1 aliphatic rings. The van der Waals surface area contributed by atoms with Crippen LogP contribution in [0.3, 0.4) is 0 Å². The number of furan rings is 1. The highest BCUT2D eigenvalue weighted by Gasteiger charge is 2.34. The molecule has 0 atom stereocenters. The van der Waals surface area contributed by atoms with Crippen LogP contribution in [0.5, 0.6) is 0 Å². The van der Waals surface area contributed by atoms with Crippen molar-refractivity contribution < 1.29 is 9.21 Å². The highest BCUT2D eigenvalue weighted by molar-refractivity contribution is 8.27. The van der Waals surface area contributed by atoms with Gasteiger partial charge in [0.05, 0.1) is 20.6 Å². The van der Waals surface area contributed by atoms with Gasteiger partial charge in [0.1, 0.15) is 11.5 Å². The highest BCUT2D eigenvalue weighted by Crippen LogP contribution is 2.39. The minimum absolute atomic E-state index is 0.168. The molecule has 5 rings (SSSR count). The first-order chi connectivity index (χ1) is 15.0. The first-order valence-corrected chi connectivity index (χ1v) is 11.3. The van der Waals surface area contributed by atoms with Crippen molar-refractivity contribution in [2.24, 2.45) is 0 Å². The molecule has 0 N–H and O–H groups in total. The van der Waals surface area contributed by atoms with Gasteiger partial charge in [-0.2, -0.15) is 0 Å². The fraction of sp³-hybridized carbons (Fsp3) is 0. The third-order valence-electron chi connectivity index (χ3n) is 4.91. The number of hydrogen-bond donors (Lipinski definition) is 0. The lowest BCUT2D eigenvalue weighted by atomic mass is 10.1. The SMILES string of the molecule is O=C1C(=Cc2ccc(-c3ccc(Cl)c(Cl)c3)o2)SC(=S)N1c1cccc2ccccc12. The molecule has 3 nitrogen and oxygen atoms in total. The van der Waals surface area contributed by atoms with E-state index in [0.717, 1.165) is 22.0 Å². The van der Waals surface area contributed by atoms with Gasteiger partial charge in [-0.05, 0) is 41.8 Å². The first kappa shape index (κ1) is 20.3. The largest absolute Gasteiger partial charge is 0.457 e. The van der Waals surface area contributed by atoms with Crippen molar-refractivity contribution in [3.8, 4) is 11.3 Å². The van der Waals surface area contributed by atoms with E-state index in [1.807, 2.05) is 60.7 Å². The number of amides is 1. The second-order valence-electron chi connectivity index (χ2n) is 6.85. The van der Waals surface area contributed by atoms with Crippen LogP contribution < -0.4 is 4.90 Å². The third-order valence-corrected chi connectivity index (χ3v) is 6.95. The summed E-state index contributed by atoms with van der Waals surface area (Å²) in [6, 6.07) is 22.7. The van der Waals surface area contributed by atoms with Crippen LogP contribution in [0.4, 0.5) is 5.69 Å². The molecular formula is C24H13Cl2NO2S2. The molecule has 4 aromatic rings. The number of carbonyl (C=O) groups excluding carboxylic acids is 1. The van der Waals surface area contributed by atoms with E-state index in [4.69, 9.17) is 39.8 Å². The zero-order valence-electron chi connectivity index (χ0n) is 15.8. The molecule has 2 heterocycles. The molecule has 3 aromatic carbocycles. The predicted octanol–water partition coefficient (Wildman–Crippen LogP) is 7.81. The zero-order chi connectivity index (χ0) is 21.5. The van der Waals surface area contributed by atoms with Gasteiger partial charge in [-0.3, -0.25) is 9.69 Å². The fourth-order valence-electron chi connectivity index (χ4n) is 3.44. The summed E-state index contributed by atoms with van der Waals surface area (Å²) in [5, 5.41) is 2.96. The Bertz CT molecular complexity index is 1390. The highest BCUT2D eigenvalue weighted by atomic mass is 35.5. The van der Waals surface area contributed by atoms with Gasteiger partial charge < -0.3 is 4.42 Å². The number of rotatable bonds is 3. The molecule has 1 amide bonds. The smallest absolute Gasteiger partial charge is 0.270 e. The Labute approximate surface area is 198 Å². The maximum atomic E-state index is 13.2. The van der Waals surface area contributed by atoms with Gasteiger partial charge >= 0.3 is 0 Å². The second kappa shape index (κ2) is 8.17. The third kappa shape index (κ3) is 3.79. The molecular weight excluding hydrogens is 469 g/mol. The standard InChI is InChI=1S/C24H13Cl2NO2S2/c25-18-10-8-15(12-19(18)26)21-11-9-16(29-21)13-22-23(28)27(24(30)31-22)20-7-3-5-14-4-1-2-6-17(14)20/h1-13H. The lowest BCUT2D eigenvalue weighted by Gasteiger charge is -2.17. The molecule has 1 aliphatic heterocycles. The summed E-state index contributed by atoms with van der Waals surface area (Å²) in [5.74, 6) is 1.02. The Hall–Kier alpha value is -2.57. The molecule has 0 radical (unpaired) electrons. The van der Waals surface area contributed by atoms with Gasteiger partial charge in [0, 0.05) is 17.0 Å². The summed E-state index contributed by atoms with van der Waals surface area (Å²) in [6.07, 6.45) is 1.71. The van der Waals surface area contributed by atoms with E-state index in [1.54, 1.807) is 23.1 Å². The Morgan fingerprint density at radius 3 is 2.58 bits per heavy atom. The van der Waals surface area contributed by atoms with Crippen molar-refractivity contribution in [1.82, 2.24) is 0 Å². The average Bonchev–Trinajstić information content (AvgIpc) is 3.34. The van der Waals surface area contributed by atoms with E-state index >= 15 is 0 Å². The van der Waals surface area contributed by atoms with Gasteiger partial charge in [-0.1, -0.05) is 83.6 Å². The van der Waals surface area contributed by atoms with Crippen LogP contribution in [0.25, 0.3) is 28.2 Å². The Kier molecular flexibility index (Phi) is 5.36. The average molecular weight is 482 g/mol. The number of hydrogen-bond acceptors (Lipinski definition) is 4. The molecule has 0 bridgehead atoms. The van der Waals surface area contributed by atoms with E-state index in [9.17, 15) is 4.79 Å². The summed E-state index contributed by atoms with van der Waals surface area (Å²) in [4.78, 5) is 15.3. The predicted molar refractivity (Wildman–Crippen MR) is 134 cm³/mol. The number of fused-ring (bicyclic) bond motifs is 1. The molecule has 31 heavy (non-hydrogen) atoms. The number of benzene rings is 3. The van der Waals surface area contributed by atoms with Crippen molar-refractivity contribution in [3.63, 3.8) is 0 Å². The van der Waals surface area contributed by atoms with E-state index < -0.39 is 0 Å². The van der Waals surface area contributed by atoms with Crippen LogP contribution >= 0.6 is 47.2 Å². The zero-order valence-corrected chi connectivity index (χ0v) is 19.0. The number of thiocarbonyl (C=S) groups is 1. The van der Waals surface area contributed by atoms with Crippen molar-refractivity contribution in [2.75, 3.05) is 4.90 Å². The van der Waals surface area contributed by atoms with Crippen LogP contribution in [0.1, 0.15) is 5.76 Å². The van der Waals surface area contributed by atoms with Gasteiger partial charge in [-0.15, -0.1) is 0 Å². The van der Waals surface area contributed by atoms with Crippen LogP contribution in [0.15, 0.2) is 82.1 Å². The lowest BCUT2D eigenvalue weighted by Crippen LogP contribution is -2.27. The van der Waals surface area contributed by atoms with Gasteiger partial charge in [0.2, 0.25) is 0 Å². The Balaban J connectivity index is 1.47. The number of thioether (sulfide) groups is 1. The number of halogens is 2. The van der Waals surface area contributed by atoms with Crippen LogP contribution in [-0.2, 0) is 4.79 Å². The summed E-state index contributed by atoms with van der Waals surface area (Å²) in [7, 11) is 0. The number of anilines is 1. The fourth-order valence-corrected chi connectivity index (χ4v) is 5.01. The summed E-state index contributed by atoms with van der Waals surface area (Å²) in [5.41, 5.74) is 1.58. The topological polar surface area (TPSA) is 33.5 Å². The minimum atomic E-state index is -0.168. The summed E-state index contributed by atoms with van der Waals surface area (Å²) >= 11 is 18.9. The maximum absolute atomic E-state index is 13.2. The normalized spacial score (nSPS) is 15.4. The maximum Gasteiger partial charge on any atom is 0.270 e. The van der Waals surface area contributed by atoms with Crippen molar-refractivity contribution >= 4 is 79.9 Å². The number of nitrogens with zero attached hydrogens (tertiary/aromatic N) is 1. The van der Waals surface area contributed by atoms with Crippen LogP contribution in [0, 0.1) is 0 Å². The summed E-state index contributed by atoms with van der Waals surface area (Å²) < 4.78 is 6.41. The van der Waals surface area contributed by atoms with Crippen LogP contribution in [-0.4, -0.2) is 10.2 Å². The molecule has 1 fully saturated rings. The van der Waals surface area contributed by atoms with Crippen molar-refractivity contribution in [2.45, 2.75) is 0 Å². The molecule has 0 saturated carbocycles. The molecule has 0 unspecified atom stereocenters. The Morgan fingerprint density at radius 2 is 1.74 bits per heavy atom. The van der Waals surface area contributed by atoms with E-state index in [0.29, 0.717) is 30.8 Å². The molecule has 0 aliphatic carbocycles. The molecule has 7 heteroatoms. The molecule has 1 saturated heterocycles.